The number of rotatable bonds is 5. The first kappa shape index (κ1) is 15.8. The van der Waals surface area contributed by atoms with Crippen LogP contribution in [0.2, 0.25) is 0 Å². The molecule has 0 amide bonds. The van der Waals surface area contributed by atoms with E-state index in [-0.39, 0.29) is 17.6 Å². The number of carboxylic acid groups (broad SMARTS) is 1. The van der Waals surface area contributed by atoms with Gasteiger partial charge < -0.3 is 15.6 Å². The zero-order chi connectivity index (χ0) is 16.3. The van der Waals surface area contributed by atoms with Crippen molar-refractivity contribution < 1.29 is 14.6 Å². The van der Waals surface area contributed by atoms with Crippen molar-refractivity contribution in [2.45, 2.75) is 33.3 Å². The number of ether oxygens (including phenoxy) is 1. The summed E-state index contributed by atoms with van der Waals surface area (Å²) in [5.74, 6) is -0.371. The number of carbonyl (C=O) groups is 1. The van der Waals surface area contributed by atoms with Gasteiger partial charge in [0.05, 0.1) is 17.5 Å². The fraction of sp³-hybridized carbons (Fsp3) is 0.312. The molecule has 1 aromatic heterocycles. The number of aromatic nitrogens is 2. The Morgan fingerprint density at radius 3 is 2.77 bits per heavy atom. The normalized spacial score (nSPS) is 12.0. The molecular formula is C16H19N3O3. The largest absolute Gasteiger partial charge is 0.491 e. The van der Waals surface area contributed by atoms with E-state index in [2.05, 4.69) is 9.97 Å². The minimum atomic E-state index is -1.08. The van der Waals surface area contributed by atoms with E-state index in [1.807, 2.05) is 19.9 Å². The average Bonchev–Trinajstić information content (AvgIpc) is 2.46. The Bertz CT molecular complexity index is 701. The number of benzene rings is 1. The number of nitrogens with zero attached hydrogens (tertiary/aromatic N) is 2. The van der Waals surface area contributed by atoms with Crippen LogP contribution < -0.4 is 10.5 Å². The summed E-state index contributed by atoms with van der Waals surface area (Å²) in [4.78, 5) is 19.5. The van der Waals surface area contributed by atoms with Gasteiger partial charge in [0.1, 0.15) is 11.3 Å². The second-order valence-electron chi connectivity index (χ2n) is 5.06. The molecule has 0 saturated heterocycles. The van der Waals surface area contributed by atoms with Crippen LogP contribution in [0.25, 0.3) is 11.3 Å². The zero-order valence-electron chi connectivity index (χ0n) is 12.8. The fourth-order valence-electron chi connectivity index (χ4n) is 2.09. The van der Waals surface area contributed by atoms with Crippen LogP contribution in [0.4, 0.5) is 5.95 Å². The average molecular weight is 301 g/mol. The first-order valence-corrected chi connectivity index (χ1v) is 7.06. The standard InChI is InChI=1S/C16H19N3O3/c1-4-9(2)22-12-7-5-6-11(8-12)14-13(15(20)21)10(3)18-16(17)19-14/h5-9H,4H2,1-3H3,(H,20,21)(H2,17,18,19). The van der Waals surface area contributed by atoms with Gasteiger partial charge in [0, 0.05) is 5.56 Å². The van der Waals surface area contributed by atoms with Gasteiger partial charge in [-0.05, 0) is 32.4 Å². The third-order valence-electron chi connectivity index (χ3n) is 3.34. The lowest BCUT2D eigenvalue weighted by Gasteiger charge is -2.14. The molecule has 3 N–H and O–H groups in total. The van der Waals surface area contributed by atoms with Gasteiger partial charge >= 0.3 is 5.97 Å². The molecule has 0 saturated carbocycles. The molecule has 6 heteroatoms. The van der Waals surface area contributed by atoms with Crippen LogP contribution in [0.3, 0.4) is 0 Å². The highest BCUT2D eigenvalue weighted by atomic mass is 16.5. The van der Waals surface area contributed by atoms with Gasteiger partial charge in [-0.1, -0.05) is 19.1 Å². The van der Waals surface area contributed by atoms with E-state index in [4.69, 9.17) is 10.5 Å². The molecule has 1 aromatic carbocycles. The molecule has 0 aliphatic carbocycles. The van der Waals surface area contributed by atoms with Crippen LogP contribution in [-0.2, 0) is 0 Å². The summed E-state index contributed by atoms with van der Waals surface area (Å²) >= 11 is 0. The first-order chi connectivity index (χ1) is 10.4. The van der Waals surface area contributed by atoms with Crippen molar-refractivity contribution in [2.75, 3.05) is 5.73 Å². The molecule has 0 bridgehead atoms. The van der Waals surface area contributed by atoms with Crippen LogP contribution >= 0.6 is 0 Å². The van der Waals surface area contributed by atoms with E-state index >= 15 is 0 Å². The molecule has 2 rings (SSSR count). The van der Waals surface area contributed by atoms with Crippen molar-refractivity contribution in [3.8, 4) is 17.0 Å². The summed E-state index contributed by atoms with van der Waals surface area (Å²) in [6.07, 6.45) is 0.955. The smallest absolute Gasteiger partial charge is 0.339 e. The summed E-state index contributed by atoms with van der Waals surface area (Å²) in [5, 5.41) is 9.40. The Labute approximate surface area is 129 Å². The van der Waals surface area contributed by atoms with Gasteiger partial charge in [-0.15, -0.1) is 0 Å². The van der Waals surface area contributed by atoms with Gasteiger partial charge in [-0.3, -0.25) is 0 Å². The van der Waals surface area contributed by atoms with Gasteiger partial charge in [-0.2, -0.15) is 0 Å². The second kappa shape index (κ2) is 6.43. The Morgan fingerprint density at radius 2 is 2.14 bits per heavy atom. The molecule has 1 heterocycles. The monoisotopic (exact) mass is 301 g/mol. The lowest BCUT2D eigenvalue weighted by atomic mass is 10.0. The minimum absolute atomic E-state index is 0.0470. The molecule has 1 atom stereocenters. The van der Waals surface area contributed by atoms with E-state index in [0.29, 0.717) is 22.7 Å². The number of nitrogens with two attached hydrogens (primary N) is 1. The SMILES string of the molecule is CCC(C)Oc1cccc(-c2nc(N)nc(C)c2C(=O)O)c1. The number of nitrogen functional groups attached to an aromatic ring is 1. The van der Waals surface area contributed by atoms with Crippen LogP contribution in [0.1, 0.15) is 36.3 Å². The number of aryl methyl sites for hydroxylation is 1. The molecule has 0 fully saturated rings. The predicted molar refractivity (Wildman–Crippen MR) is 84.0 cm³/mol. The molecule has 116 valence electrons. The Kier molecular flexibility index (Phi) is 4.60. The van der Waals surface area contributed by atoms with E-state index in [9.17, 15) is 9.90 Å². The quantitative estimate of drug-likeness (QED) is 0.881. The highest BCUT2D eigenvalue weighted by molar-refractivity contribution is 5.96. The maximum atomic E-state index is 11.5. The van der Waals surface area contributed by atoms with E-state index in [1.54, 1.807) is 25.1 Å². The molecule has 2 aromatic rings. The van der Waals surface area contributed by atoms with Crippen molar-refractivity contribution in [2.24, 2.45) is 0 Å². The van der Waals surface area contributed by atoms with Gasteiger partial charge in [-0.25, -0.2) is 14.8 Å². The van der Waals surface area contributed by atoms with Crippen molar-refractivity contribution in [1.82, 2.24) is 9.97 Å². The van der Waals surface area contributed by atoms with Crippen molar-refractivity contribution in [1.29, 1.82) is 0 Å². The third kappa shape index (κ3) is 3.33. The van der Waals surface area contributed by atoms with E-state index < -0.39 is 5.97 Å². The van der Waals surface area contributed by atoms with Crippen LogP contribution in [0, 0.1) is 6.92 Å². The maximum absolute atomic E-state index is 11.5. The van der Waals surface area contributed by atoms with Crippen molar-refractivity contribution in [3.05, 3.63) is 35.5 Å². The number of aromatic carboxylic acids is 1. The summed E-state index contributed by atoms with van der Waals surface area (Å²) in [6.45, 7) is 5.61. The topological polar surface area (TPSA) is 98.3 Å². The summed E-state index contributed by atoms with van der Waals surface area (Å²) in [5.41, 5.74) is 6.98. The summed E-state index contributed by atoms with van der Waals surface area (Å²) < 4.78 is 5.76. The van der Waals surface area contributed by atoms with E-state index in [1.165, 1.54) is 0 Å². The second-order valence-corrected chi connectivity index (χ2v) is 5.06. The fourth-order valence-corrected chi connectivity index (χ4v) is 2.09. The molecular weight excluding hydrogens is 282 g/mol. The highest BCUT2D eigenvalue weighted by Gasteiger charge is 2.19. The van der Waals surface area contributed by atoms with Crippen LogP contribution in [-0.4, -0.2) is 27.1 Å². The molecule has 0 aliphatic heterocycles. The lowest BCUT2D eigenvalue weighted by Crippen LogP contribution is -2.11. The van der Waals surface area contributed by atoms with Crippen molar-refractivity contribution >= 4 is 11.9 Å². The summed E-state index contributed by atoms with van der Waals surface area (Å²) in [7, 11) is 0. The van der Waals surface area contributed by atoms with Crippen LogP contribution in [0.5, 0.6) is 5.75 Å². The molecule has 0 spiro atoms. The molecule has 0 radical (unpaired) electrons. The Balaban J connectivity index is 2.52. The number of hydrogen-bond acceptors (Lipinski definition) is 5. The Hall–Kier alpha value is -2.63. The van der Waals surface area contributed by atoms with Crippen molar-refractivity contribution in [3.63, 3.8) is 0 Å². The number of anilines is 1. The van der Waals surface area contributed by atoms with Gasteiger partial charge in [0.25, 0.3) is 0 Å². The first-order valence-electron chi connectivity index (χ1n) is 7.06. The van der Waals surface area contributed by atoms with Gasteiger partial charge in [0.2, 0.25) is 5.95 Å². The lowest BCUT2D eigenvalue weighted by molar-refractivity contribution is 0.0696. The Morgan fingerprint density at radius 1 is 1.41 bits per heavy atom. The van der Waals surface area contributed by atoms with E-state index in [0.717, 1.165) is 6.42 Å². The maximum Gasteiger partial charge on any atom is 0.339 e. The predicted octanol–water partition coefficient (Wildman–Crippen LogP) is 2.91. The van der Waals surface area contributed by atoms with Gasteiger partial charge in [0.15, 0.2) is 0 Å². The van der Waals surface area contributed by atoms with Crippen LogP contribution in [0.15, 0.2) is 24.3 Å². The number of hydrogen-bond donors (Lipinski definition) is 2. The highest BCUT2D eigenvalue weighted by Crippen LogP contribution is 2.28. The molecule has 6 nitrogen and oxygen atoms in total. The third-order valence-corrected chi connectivity index (χ3v) is 3.34. The molecule has 22 heavy (non-hydrogen) atoms. The zero-order valence-corrected chi connectivity index (χ0v) is 12.8. The molecule has 0 aliphatic rings. The minimum Gasteiger partial charge on any atom is -0.491 e. The number of carboxylic acids is 1. The molecule has 1 unspecified atom stereocenters. The summed E-state index contributed by atoms with van der Waals surface area (Å²) in [6, 6.07) is 7.16.